The van der Waals surface area contributed by atoms with Crippen LogP contribution in [-0.4, -0.2) is 20.7 Å². The molecular formula is C15H21NO2S. The molecule has 0 heterocycles. The zero-order valence-corrected chi connectivity index (χ0v) is 12.1. The van der Waals surface area contributed by atoms with Gasteiger partial charge in [-0.1, -0.05) is 12.1 Å². The number of nitrogens with one attached hydrogen (secondary N) is 1. The summed E-state index contributed by atoms with van der Waals surface area (Å²) in [5.41, 5.74) is 1.17. The number of hydrogen-bond acceptors (Lipinski definition) is 3. The Balaban J connectivity index is 1.60. The Hall–Kier alpha value is -0.870. The van der Waals surface area contributed by atoms with Crippen molar-refractivity contribution in [3.05, 3.63) is 29.8 Å². The van der Waals surface area contributed by atoms with Gasteiger partial charge >= 0.3 is 0 Å². The molecule has 19 heavy (non-hydrogen) atoms. The second kappa shape index (κ2) is 4.91. The van der Waals surface area contributed by atoms with Gasteiger partial charge in [-0.2, -0.15) is 0 Å². The quantitative estimate of drug-likeness (QED) is 0.869. The SMILES string of the molecule is CS(=O)(=O)c1ccc(CNC(C2CC2)C2CC2)cc1. The predicted octanol–water partition coefficient (Wildman–Crippen LogP) is 2.37. The van der Waals surface area contributed by atoms with Crippen LogP contribution in [0.15, 0.2) is 29.2 Å². The van der Waals surface area contributed by atoms with Crippen LogP contribution >= 0.6 is 0 Å². The standard InChI is InChI=1S/C15H21NO2S/c1-19(17,18)14-8-2-11(3-9-14)10-16-15(12-4-5-12)13-6-7-13/h2-3,8-9,12-13,15-16H,4-7,10H2,1H3. The first kappa shape index (κ1) is 13.1. The van der Waals surface area contributed by atoms with E-state index in [2.05, 4.69) is 5.32 Å². The molecule has 0 unspecified atom stereocenters. The summed E-state index contributed by atoms with van der Waals surface area (Å²) in [7, 11) is -3.08. The largest absolute Gasteiger partial charge is 0.309 e. The molecule has 3 rings (SSSR count). The lowest BCUT2D eigenvalue weighted by atomic mass is 10.1. The molecule has 2 aliphatic carbocycles. The fraction of sp³-hybridized carbons (Fsp3) is 0.600. The van der Waals surface area contributed by atoms with Crippen molar-refractivity contribution in [2.45, 2.75) is 43.2 Å². The van der Waals surface area contributed by atoms with Crippen molar-refractivity contribution >= 4 is 9.84 Å². The van der Waals surface area contributed by atoms with Crippen molar-refractivity contribution in [1.82, 2.24) is 5.32 Å². The summed E-state index contributed by atoms with van der Waals surface area (Å²) in [5.74, 6) is 1.78. The molecule has 0 saturated heterocycles. The molecule has 2 aliphatic rings. The summed E-state index contributed by atoms with van der Waals surface area (Å²) in [4.78, 5) is 0.400. The van der Waals surface area contributed by atoms with Gasteiger partial charge in [-0.15, -0.1) is 0 Å². The number of benzene rings is 1. The molecule has 1 N–H and O–H groups in total. The Morgan fingerprint density at radius 3 is 2.05 bits per heavy atom. The summed E-state index contributed by atoms with van der Waals surface area (Å²) in [6.07, 6.45) is 6.75. The highest BCUT2D eigenvalue weighted by molar-refractivity contribution is 7.90. The summed E-state index contributed by atoms with van der Waals surface area (Å²) in [6, 6.07) is 7.93. The van der Waals surface area contributed by atoms with E-state index in [9.17, 15) is 8.42 Å². The molecule has 0 spiro atoms. The maximum absolute atomic E-state index is 11.4. The van der Waals surface area contributed by atoms with Crippen LogP contribution in [0.4, 0.5) is 0 Å². The number of hydrogen-bond donors (Lipinski definition) is 1. The molecule has 1 aromatic rings. The van der Waals surface area contributed by atoms with Crippen molar-refractivity contribution in [3.63, 3.8) is 0 Å². The van der Waals surface area contributed by atoms with Crippen LogP contribution in [0.3, 0.4) is 0 Å². The van der Waals surface area contributed by atoms with Crippen LogP contribution in [0.1, 0.15) is 31.2 Å². The van der Waals surface area contributed by atoms with Gasteiger partial charge in [0.2, 0.25) is 0 Å². The normalized spacial score (nSPS) is 19.9. The van der Waals surface area contributed by atoms with E-state index in [0.29, 0.717) is 10.9 Å². The minimum Gasteiger partial charge on any atom is -0.309 e. The Morgan fingerprint density at radius 2 is 1.63 bits per heavy atom. The molecular weight excluding hydrogens is 258 g/mol. The molecule has 0 amide bonds. The third-order valence-electron chi connectivity index (χ3n) is 4.15. The minimum absolute atomic E-state index is 0.400. The fourth-order valence-corrected chi connectivity index (χ4v) is 3.35. The molecule has 1 aromatic carbocycles. The Morgan fingerprint density at radius 1 is 1.11 bits per heavy atom. The smallest absolute Gasteiger partial charge is 0.175 e. The van der Waals surface area contributed by atoms with Crippen molar-refractivity contribution in [1.29, 1.82) is 0 Å². The van der Waals surface area contributed by atoms with Crippen LogP contribution in [0.25, 0.3) is 0 Å². The highest BCUT2D eigenvalue weighted by atomic mass is 32.2. The molecule has 0 radical (unpaired) electrons. The summed E-state index contributed by atoms with van der Waals surface area (Å²) < 4.78 is 22.8. The fourth-order valence-electron chi connectivity index (χ4n) is 2.72. The second-order valence-corrected chi connectivity index (χ2v) is 8.01. The van der Waals surface area contributed by atoms with Gasteiger partial charge in [0, 0.05) is 18.8 Å². The Kier molecular flexibility index (Phi) is 3.39. The summed E-state index contributed by atoms with van der Waals surface area (Å²) in [6.45, 7) is 0.849. The van der Waals surface area contributed by atoms with Crippen LogP contribution < -0.4 is 5.32 Å². The van der Waals surface area contributed by atoms with Crippen LogP contribution in [0.2, 0.25) is 0 Å². The zero-order valence-electron chi connectivity index (χ0n) is 11.3. The van der Waals surface area contributed by atoms with E-state index >= 15 is 0 Å². The van der Waals surface area contributed by atoms with Crippen molar-refractivity contribution in [3.8, 4) is 0 Å². The van der Waals surface area contributed by atoms with Crippen molar-refractivity contribution < 1.29 is 8.42 Å². The average Bonchev–Trinajstić information content (AvgIpc) is 3.23. The van der Waals surface area contributed by atoms with Crippen LogP contribution in [0, 0.1) is 11.8 Å². The van der Waals surface area contributed by atoms with Gasteiger partial charge in [0.25, 0.3) is 0 Å². The van der Waals surface area contributed by atoms with Gasteiger partial charge < -0.3 is 5.32 Å². The zero-order chi connectivity index (χ0) is 13.5. The monoisotopic (exact) mass is 279 g/mol. The number of sulfone groups is 1. The Bertz CT molecular complexity index is 530. The van der Waals surface area contributed by atoms with E-state index in [1.807, 2.05) is 12.1 Å². The molecule has 2 fully saturated rings. The van der Waals surface area contributed by atoms with E-state index in [1.54, 1.807) is 12.1 Å². The first-order chi connectivity index (χ1) is 9.04. The van der Waals surface area contributed by atoms with E-state index in [1.165, 1.54) is 37.5 Å². The topological polar surface area (TPSA) is 46.2 Å². The van der Waals surface area contributed by atoms with Crippen molar-refractivity contribution in [2.24, 2.45) is 11.8 Å². The maximum atomic E-state index is 11.4. The molecule has 104 valence electrons. The van der Waals surface area contributed by atoms with Gasteiger partial charge in [-0.25, -0.2) is 8.42 Å². The maximum Gasteiger partial charge on any atom is 0.175 e. The predicted molar refractivity (Wildman–Crippen MR) is 75.6 cm³/mol. The second-order valence-electron chi connectivity index (χ2n) is 6.00. The van der Waals surface area contributed by atoms with Crippen molar-refractivity contribution in [2.75, 3.05) is 6.26 Å². The summed E-state index contributed by atoms with van der Waals surface area (Å²) >= 11 is 0. The van der Waals surface area contributed by atoms with Gasteiger partial charge in [0.15, 0.2) is 9.84 Å². The molecule has 3 nitrogen and oxygen atoms in total. The third kappa shape index (κ3) is 3.37. The lowest BCUT2D eigenvalue weighted by molar-refractivity contribution is 0.416. The van der Waals surface area contributed by atoms with E-state index in [0.717, 1.165) is 18.4 Å². The van der Waals surface area contributed by atoms with Gasteiger partial charge in [0.05, 0.1) is 4.90 Å². The first-order valence-corrected chi connectivity index (χ1v) is 8.95. The van der Waals surface area contributed by atoms with Crippen LogP contribution in [0.5, 0.6) is 0 Å². The lowest BCUT2D eigenvalue weighted by Gasteiger charge is -2.17. The highest BCUT2D eigenvalue weighted by Gasteiger charge is 2.40. The molecule has 0 aromatic heterocycles. The Labute approximate surface area is 115 Å². The highest BCUT2D eigenvalue weighted by Crippen LogP contribution is 2.44. The average molecular weight is 279 g/mol. The van der Waals surface area contributed by atoms with Gasteiger partial charge in [-0.05, 0) is 55.2 Å². The first-order valence-electron chi connectivity index (χ1n) is 7.06. The summed E-state index contributed by atoms with van der Waals surface area (Å²) in [5, 5.41) is 3.67. The molecule has 2 saturated carbocycles. The van der Waals surface area contributed by atoms with E-state index < -0.39 is 9.84 Å². The van der Waals surface area contributed by atoms with E-state index in [4.69, 9.17) is 0 Å². The van der Waals surface area contributed by atoms with Gasteiger partial charge in [-0.3, -0.25) is 0 Å². The molecule has 0 aliphatic heterocycles. The third-order valence-corrected chi connectivity index (χ3v) is 5.28. The van der Waals surface area contributed by atoms with E-state index in [-0.39, 0.29) is 0 Å². The molecule has 4 heteroatoms. The molecule has 0 atom stereocenters. The molecule has 0 bridgehead atoms. The van der Waals surface area contributed by atoms with Crippen LogP contribution in [-0.2, 0) is 16.4 Å². The lowest BCUT2D eigenvalue weighted by Crippen LogP contribution is -2.32. The number of rotatable bonds is 6. The van der Waals surface area contributed by atoms with Gasteiger partial charge in [0.1, 0.15) is 0 Å². The minimum atomic E-state index is -3.08.